The number of rotatable bonds is 2. The highest BCUT2D eigenvalue weighted by molar-refractivity contribution is 5.88. The number of hydrogen-bond acceptors (Lipinski definition) is 3. The molecule has 3 N–H and O–H groups in total. The van der Waals surface area contributed by atoms with Crippen LogP contribution in [-0.2, 0) is 9.59 Å². The minimum Gasteiger partial charge on any atom is -0.385 e. The van der Waals surface area contributed by atoms with Gasteiger partial charge in [-0.1, -0.05) is 18.2 Å². The van der Waals surface area contributed by atoms with Crippen molar-refractivity contribution in [3.63, 3.8) is 0 Å². The van der Waals surface area contributed by atoms with Crippen molar-refractivity contribution >= 4 is 17.5 Å². The van der Waals surface area contributed by atoms with Crippen LogP contribution in [-0.4, -0.2) is 36.3 Å². The molecular formula is C16H21N3O2. The zero-order valence-electron chi connectivity index (χ0n) is 12.3. The first-order valence-corrected chi connectivity index (χ1v) is 7.43. The lowest BCUT2D eigenvalue weighted by Gasteiger charge is -2.30. The summed E-state index contributed by atoms with van der Waals surface area (Å²) in [4.78, 5) is 26.2. The number of carbonyl (C=O) groups excluding carboxylic acids is 2. The summed E-state index contributed by atoms with van der Waals surface area (Å²) in [5, 5.41) is 3.33. The quantitative estimate of drug-likeness (QED) is 0.861. The van der Waals surface area contributed by atoms with Crippen molar-refractivity contribution in [3.05, 3.63) is 29.8 Å². The van der Waals surface area contributed by atoms with Gasteiger partial charge in [-0.3, -0.25) is 9.59 Å². The van der Waals surface area contributed by atoms with Crippen LogP contribution in [0.2, 0.25) is 0 Å². The van der Waals surface area contributed by atoms with Gasteiger partial charge in [-0.05, 0) is 31.4 Å². The number of nitrogens with two attached hydrogens (primary N) is 1. The molecule has 0 spiro atoms. The molecule has 1 saturated heterocycles. The fraction of sp³-hybridized carbons (Fsp3) is 0.500. The topological polar surface area (TPSA) is 75.4 Å². The molecule has 5 nitrogen and oxygen atoms in total. The summed E-state index contributed by atoms with van der Waals surface area (Å²) in [6, 6.07) is 7.95. The first-order chi connectivity index (χ1) is 10.0. The van der Waals surface area contributed by atoms with Crippen LogP contribution in [0.3, 0.4) is 0 Å². The number of likely N-dealkylation sites (tertiary alicyclic amines) is 1. The second kappa shape index (κ2) is 5.06. The van der Waals surface area contributed by atoms with Gasteiger partial charge < -0.3 is 16.0 Å². The van der Waals surface area contributed by atoms with Crippen LogP contribution < -0.4 is 11.1 Å². The number of nitrogens with zero attached hydrogens (tertiary/aromatic N) is 1. The van der Waals surface area contributed by atoms with E-state index in [0.29, 0.717) is 19.5 Å². The van der Waals surface area contributed by atoms with Crippen molar-refractivity contribution in [2.45, 2.75) is 25.7 Å². The number of nitrogens with one attached hydrogen (secondary N) is 1. The first-order valence-electron chi connectivity index (χ1n) is 7.43. The van der Waals surface area contributed by atoms with Crippen LogP contribution in [0, 0.1) is 5.41 Å². The second-order valence-corrected chi connectivity index (χ2v) is 6.29. The van der Waals surface area contributed by atoms with Crippen LogP contribution >= 0.6 is 0 Å². The minimum absolute atomic E-state index is 0.113. The summed E-state index contributed by atoms with van der Waals surface area (Å²) >= 11 is 0. The van der Waals surface area contributed by atoms with E-state index in [9.17, 15) is 9.59 Å². The number of anilines is 1. The van der Waals surface area contributed by atoms with Gasteiger partial charge in [-0.15, -0.1) is 0 Å². The number of hydrogen-bond donors (Lipinski definition) is 2. The van der Waals surface area contributed by atoms with E-state index in [4.69, 9.17) is 5.73 Å². The molecule has 0 aromatic heterocycles. The molecule has 1 aromatic carbocycles. The normalized spacial score (nSPS) is 27.9. The van der Waals surface area contributed by atoms with Crippen molar-refractivity contribution < 1.29 is 9.59 Å². The van der Waals surface area contributed by atoms with E-state index >= 15 is 0 Å². The number of primary amides is 1. The summed E-state index contributed by atoms with van der Waals surface area (Å²) in [6.45, 7) is 3.70. The Balaban J connectivity index is 1.80. The molecule has 112 valence electrons. The summed E-state index contributed by atoms with van der Waals surface area (Å²) in [5.41, 5.74) is 6.98. The Labute approximate surface area is 124 Å². The predicted octanol–water partition coefficient (Wildman–Crippen LogP) is 1.31. The molecule has 2 unspecified atom stereocenters. The number of benzene rings is 1. The van der Waals surface area contributed by atoms with Gasteiger partial charge in [0.05, 0.1) is 11.3 Å². The van der Waals surface area contributed by atoms with Crippen molar-refractivity contribution in [2.75, 3.05) is 25.0 Å². The van der Waals surface area contributed by atoms with Gasteiger partial charge in [-0.25, -0.2) is 0 Å². The van der Waals surface area contributed by atoms with Gasteiger partial charge in [0.1, 0.15) is 0 Å². The first kappa shape index (κ1) is 13.9. The zero-order valence-corrected chi connectivity index (χ0v) is 12.3. The lowest BCUT2D eigenvalue weighted by molar-refractivity contribution is -0.133. The smallest absolute Gasteiger partial charge is 0.230 e. The fourth-order valence-electron chi connectivity index (χ4n) is 3.30. The average molecular weight is 287 g/mol. The highest BCUT2D eigenvalue weighted by Crippen LogP contribution is 2.36. The zero-order chi connectivity index (χ0) is 15.0. The van der Waals surface area contributed by atoms with E-state index in [0.717, 1.165) is 24.2 Å². The minimum atomic E-state index is -0.581. The maximum Gasteiger partial charge on any atom is 0.230 e. The Morgan fingerprint density at radius 3 is 2.86 bits per heavy atom. The van der Waals surface area contributed by atoms with Crippen LogP contribution in [0.15, 0.2) is 24.3 Å². The monoisotopic (exact) mass is 287 g/mol. The van der Waals surface area contributed by atoms with Crippen LogP contribution in [0.4, 0.5) is 5.69 Å². The second-order valence-electron chi connectivity index (χ2n) is 6.29. The summed E-state index contributed by atoms with van der Waals surface area (Å²) < 4.78 is 0. The van der Waals surface area contributed by atoms with Crippen LogP contribution in [0.1, 0.15) is 31.2 Å². The van der Waals surface area contributed by atoms with Gasteiger partial charge in [-0.2, -0.15) is 0 Å². The van der Waals surface area contributed by atoms with E-state index in [-0.39, 0.29) is 17.7 Å². The van der Waals surface area contributed by atoms with Gasteiger partial charge in [0.25, 0.3) is 0 Å². The SMILES string of the molecule is CC1(C(N)=O)CCN(C(=O)C2CCNc3ccccc32)C1. The third-order valence-corrected chi connectivity index (χ3v) is 4.76. The van der Waals surface area contributed by atoms with Crippen molar-refractivity contribution in [1.82, 2.24) is 4.90 Å². The van der Waals surface area contributed by atoms with Crippen LogP contribution in [0.25, 0.3) is 0 Å². The molecule has 0 radical (unpaired) electrons. The Morgan fingerprint density at radius 2 is 2.14 bits per heavy atom. The third kappa shape index (κ3) is 2.37. The molecule has 21 heavy (non-hydrogen) atoms. The van der Waals surface area contributed by atoms with E-state index in [1.54, 1.807) is 4.90 Å². The van der Waals surface area contributed by atoms with Gasteiger partial charge >= 0.3 is 0 Å². The Bertz CT molecular complexity index is 587. The molecule has 2 aliphatic rings. The largest absolute Gasteiger partial charge is 0.385 e. The molecule has 0 bridgehead atoms. The Kier molecular flexibility index (Phi) is 3.35. The molecular weight excluding hydrogens is 266 g/mol. The average Bonchev–Trinajstić information content (AvgIpc) is 2.90. The van der Waals surface area contributed by atoms with E-state index in [2.05, 4.69) is 5.32 Å². The molecule has 1 fully saturated rings. The fourth-order valence-corrected chi connectivity index (χ4v) is 3.30. The van der Waals surface area contributed by atoms with E-state index in [1.165, 1.54) is 0 Å². The summed E-state index contributed by atoms with van der Waals surface area (Å²) in [5.74, 6) is -0.310. The predicted molar refractivity (Wildman–Crippen MR) is 80.8 cm³/mol. The maximum absolute atomic E-state index is 12.8. The number of fused-ring (bicyclic) bond motifs is 1. The molecule has 0 saturated carbocycles. The van der Waals surface area contributed by atoms with E-state index < -0.39 is 5.41 Å². The molecule has 2 heterocycles. The maximum atomic E-state index is 12.8. The Hall–Kier alpha value is -2.04. The van der Waals surface area contributed by atoms with Crippen LogP contribution in [0.5, 0.6) is 0 Å². The number of para-hydroxylation sites is 1. The highest BCUT2D eigenvalue weighted by atomic mass is 16.2. The van der Waals surface area contributed by atoms with Gasteiger partial charge in [0.15, 0.2) is 0 Å². The number of amides is 2. The van der Waals surface area contributed by atoms with Gasteiger partial charge in [0.2, 0.25) is 11.8 Å². The van der Waals surface area contributed by atoms with Crippen molar-refractivity contribution in [3.8, 4) is 0 Å². The number of carbonyl (C=O) groups is 2. The standard InChI is InChI=1S/C16H21N3O2/c1-16(15(17)21)7-9-19(10-16)14(20)12-6-8-18-13-5-3-2-4-11(12)13/h2-5,12,18H,6-10H2,1H3,(H2,17,21). The summed E-state index contributed by atoms with van der Waals surface area (Å²) in [7, 11) is 0. The highest BCUT2D eigenvalue weighted by Gasteiger charge is 2.42. The van der Waals surface area contributed by atoms with E-state index in [1.807, 2.05) is 31.2 Å². The lowest BCUT2D eigenvalue weighted by atomic mass is 9.88. The molecule has 0 aliphatic carbocycles. The molecule has 2 amide bonds. The third-order valence-electron chi connectivity index (χ3n) is 4.76. The summed E-state index contributed by atoms with van der Waals surface area (Å²) in [6.07, 6.45) is 1.44. The van der Waals surface area contributed by atoms with Crippen molar-refractivity contribution in [1.29, 1.82) is 0 Å². The molecule has 5 heteroatoms. The molecule has 3 rings (SSSR count). The molecule has 2 aliphatic heterocycles. The Morgan fingerprint density at radius 1 is 1.38 bits per heavy atom. The molecule has 2 atom stereocenters. The van der Waals surface area contributed by atoms with Crippen molar-refractivity contribution in [2.24, 2.45) is 11.1 Å². The molecule has 1 aromatic rings. The lowest BCUT2D eigenvalue weighted by Crippen LogP contribution is -2.40. The van der Waals surface area contributed by atoms with Gasteiger partial charge in [0, 0.05) is 25.3 Å².